The number of para-hydroxylation sites is 1. The van der Waals surface area contributed by atoms with Crippen molar-refractivity contribution >= 4 is 28.9 Å². The molecule has 0 saturated carbocycles. The summed E-state index contributed by atoms with van der Waals surface area (Å²) in [7, 11) is 0. The zero-order valence-corrected chi connectivity index (χ0v) is 10.5. The van der Waals surface area contributed by atoms with E-state index in [0.29, 0.717) is 9.86 Å². The molecule has 0 aliphatic heterocycles. The Bertz CT molecular complexity index is 409. The van der Waals surface area contributed by atoms with Crippen molar-refractivity contribution in [1.29, 1.82) is 0 Å². The van der Waals surface area contributed by atoms with E-state index in [-0.39, 0.29) is 11.3 Å². The molecule has 1 aromatic carbocycles. The molecule has 0 bridgehead atoms. The topological polar surface area (TPSA) is 26.3 Å². The van der Waals surface area contributed by atoms with Crippen molar-refractivity contribution in [1.82, 2.24) is 0 Å². The zero-order chi connectivity index (χ0) is 13.1. The van der Waals surface area contributed by atoms with Crippen LogP contribution in [0.4, 0.5) is 17.6 Å². The molecule has 0 N–H and O–H groups in total. The second-order valence-electron chi connectivity index (χ2n) is 3.13. The highest BCUT2D eigenvalue weighted by Gasteiger charge is 2.42. The Morgan fingerprint density at radius 1 is 1.41 bits per heavy atom. The minimum atomic E-state index is -4.24. The van der Waals surface area contributed by atoms with Crippen LogP contribution in [0.5, 0.6) is 5.75 Å². The van der Waals surface area contributed by atoms with Gasteiger partial charge < -0.3 is 4.74 Å². The predicted octanol–water partition coefficient (Wildman–Crippen LogP) is 3.38. The van der Waals surface area contributed by atoms with Crippen LogP contribution in [-0.4, -0.2) is 25.2 Å². The van der Waals surface area contributed by atoms with E-state index in [1.807, 2.05) is 0 Å². The molecule has 1 rings (SSSR count). The van der Waals surface area contributed by atoms with Crippen LogP contribution in [0.2, 0.25) is 0 Å². The Morgan fingerprint density at radius 2 is 2.06 bits per heavy atom. The van der Waals surface area contributed by atoms with Gasteiger partial charge in [-0.25, -0.2) is 8.78 Å². The first kappa shape index (κ1) is 14.2. The van der Waals surface area contributed by atoms with Crippen LogP contribution >= 0.6 is 22.6 Å². The van der Waals surface area contributed by atoms with Gasteiger partial charge in [-0.1, -0.05) is 6.07 Å². The average molecular weight is 362 g/mol. The van der Waals surface area contributed by atoms with Gasteiger partial charge in [-0.3, -0.25) is 4.79 Å². The van der Waals surface area contributed by atoms with Crippen molar-refractivity contribution in [2.75, 3.05) is 6.61 Å². The van der Waals surface area contributed by atoms with E-state index in [4.69, 9.17) is 0 Å². The number of hydrogen-bond donors (Lipinski definition) is 0. The lowest BCUT2D eigenvalue weighted by atomic mass is 10.2. The van der Waals surface area contributed by atoms with Crippen molar-refractivity contribution in [3.8, 4) is 5.75 Å². The summed E-state index contributed by atoms with van der Waals surface area (Å²) in [5.74, 6) is -4.34. The van der Waals surface area contributed by atoms with Gasteiger partial charge in [-0.05, 0) is 34.7 Å². The average Bonchev–Trinajstić information content (AvgIpc) is 2.26. The van der Waals surface area contributed by atoms with Crippen molar-refractivity contribution in [2.24, 2.45) is 0 Å². The first-order chi connectivity index (χ1) is 7.88. The molecule has 17 heavy (non-hydrogen) atoms. The van der Waals surface area contributed by atoms with Crippen molar-refractivity contribution in [3.05, 3.63) is 27.3 Å². The van der Waals surface area contributed by atoms with Crippen LogP contribution in [-0.2, 0) is 0 Å². The molecule has 2 nitrogen and oxygen atoms in total. The summed E-state index contributed by atoms with van der Waals surface area (Å²) in [6.07, 6.45) is -3.39. The van der Waals surface area contributed by atoms with Gasteiger partial charge in [0.05, 0.1) is 9.13 Å². The highest BCUT2D eigenvalue weighted by atomic mass is 127. The number of carbonyl (C=O) groups is 1. The van der Waals surface area contributed by atoms with Gasteiger partial charge in [0.15, 0.2) is 12.9 Å². The van der Waals surface area contributed by atoms with Crippen LogP contribution in [0, 0.1) is 3.57 Å². The molecule has 0 spiro atoms. The Kier molecular flexibility index (Phi) is 4.72. The Hall–Kier alpha value is -0.860. The van der Waals surface area contributed by atoms with Gasteiger partial charge in [-0.2, -0.15) is 8.78 Å². The second-order valence-corrected chi connectivity index (χ2v) is 4.29. The lowest BCUT2D eigenvalue weighted by Crippen LogP contribution is -2.34. The maximum atomic E-state index is 12.6. The first-order valence-corrected chi connectivity index (χ1v) is 5.49. The van der Waals surface area contributed by atoms with E-state index in [1.165, 1.54) is 18.2 Å². The molecular weight excluding hydrogens is 355 g/mol. The standard InChI is InChI=1S/C10H7F4IO2/c11-9(12)10(13,14)5-17-8-6(4-16)2-1-3-7(8)15/h1-4,9H,5H2. The maximum Gasteiger partial charge on any atom is 0.340 e. The van der Waals surface area contributed by atoms with E-state index in [1.54, 1.807) is 22.6 Å². The number of aldehydes is 1. The number of benzene rings is 1. The van der Waals surface area contributed by atoms with E-state index >= 15 is 0 Å². The summed E-state index contributed by atoms with van der Waals surface area (Å²) in [6, 6.07) is 4.40. The monoisotopic (exact) mass is 362 g/mol. The van der Waals surface area contributed by atoms with Crippen molar-refractivity contribution < 1.29 is 27.1 Å². The highest BCUT2D eigenvalue weighted by molar-refractivity contribution is 14.1. The van der Waals surface area contributed by atoms with Crippen LogP contribution in [0.15, 0.2) is 18.2 Å². The summed E-state index contributed by atoms with van der Waals surface area (Å²) in [6.45, 7) is -1.47. The molecule has 94 valence electrons. The molecule has 0 heterocycles. The molecule has 7 heteroatoms. The van der Waals surface area contributed by atoms with E-state index in [2.05, 4.69) is 4.74 Å². The van der Waals surface area contributed by atoms with Crippen LogP contribution < -0.4 is 4.74 Å². The number of alkyl halides is 4. The maximum absolute atomic E-state index is 12.6. The Balaban J connectivity index is 2.86. The first-order valence-electron chi connectivity index (χ1n) is 4.41. The lowest BCUT2D eigenvalue weighted by molar-refractivity contribution is -0.148. The van der Waals surface area contributed by atoms with Crippen molar-refractivity contribution in [3.63, 3.8) is 0 Å². The minimum Gasteiger partial charge on any atom is -0.485 e. The quantitative estimate of drug-likeness (QED) is 0.456. The van der Waals surface area contributed by atoms with Gasteiger partial charge >= 0.3 is 12.3 Å². The fourth-order valence-corrected chi connectivity index (χ4v) is 1.68. The van der Waals surface area contributed by atoms with Crippen molar-refractivity contribution in [2.45, 2.75) is 12.3 Å². The number of rotatable bonds is 5. The SMILES string of the molecule is O=Cc1cccc(I)c1OCC(F)(F)C(F)F. The Labute approximate surface area is 108 Å². The molecule has 1 aromatic rings. The molecule has 0 saturated heterocycles. The number of halogens is 5. The van der Waals surface area contributed by atoms with Crippen LogP contribution in [0.1, 0.15) is 10.4 Å². The molecular formula is C10H7F4IO2. The van der Waals surface area contributed by atoms with E-state index < -0.39 is 19.0 Å². The summed E-state index contributed by atoms with van der Waals surface area (Å²) in [5, 5.41) is 0. The second kappa shape index (κ2) is 5.65. The molecule has 0 atom stereocenters. The molecule has 0 aliphatic rings. The zero-order valence-electron chi connectivity index (χ0n) is 8.30. The molecule has 0 aromatic heterocycles. The fraction of sp³-hybridized carbons (Fsp3) is 0.300. The summed E-state index contributed by atoms with van der Waals surface area (Å²) < 4.78 is 54.1. The number of hydrogen-bond acceptors (Lipinski definition) is 2. The van der Waals surface area contributed by atoms with Crippen LogP contribution in [0.25, 0.3) is 0 Å². The minimum absolute atomic E-state index is 0.0435. The summed E-state index contributed by atoms with van der Waals surface area (Å²) in [4.78, 5) is 10.6. The molecule has 0 amide bonds. The summed E-state index contributed by atoms with van der Waals surface area (Å²) >= 11 is 1.76. The molecule has 0 aliphatic carbocycles. The van der Waals surface area contributed by atoms with Crippen LogP contribution in [0.3, 0.4) is 0 Å². The van der Waals surface area contributed by atoms with Gasteiger partial charge in [-0.15, -0.1) is 0 Å². The fourth-order valence-electron chi connectivity index (χ4n) is 1.00. The Morgan fingerprint density at radius 3 is 2.59 bits per heavy atom. The lowest BCUT2D eigenvalue weighted by Gasteiger charge is -2.17. The molecule has 0 radical (unpaired) electrons. The predicted molar refractivity (Wildman–Crippen MR) is 61.0 cm³/mol. The molecule has 0 fully saturated rings. The number of carbonyl (C=O) groups excluding carboxylic acids is 1. The summed E-state index contributed by atoms with van der Waals surface area (Å²) in [5.41, 5.74) is 0.0435. The van der Waals surface area contributed by atoms with Gasteiger partial charge in [0.2, 0.25) is 0 Å². The number of ether oxygens (including phenoxy) is 1. The third-order valence-corrected chi connectivity index (χ3v) is 2.70. The van der Waals surface area contributed by atoms with Gasteiger partial charge in [0.25, 0.3) is 0 Å². The largest absolute Gasteiger partial charge is 0.485 e. The highest BCUT2D eigenvalue weighted by Crippen LogP contribution is 2.28. The molecule has 0 unspecified atom stereocenters. The van der Waals surface area contributed by atoms with Gasteiger partial charge in [0, 0.05) is 0 Å². The van der Waals surface area contributed by atoms with E-state index in [0.717, 1.165) is 0 Å². The van der Waals surface area contributed by atoms with E-state index in [9.17, 15) is 22.4 Å². The third kappa shape index (κ3) is 3.55. The normalized spacial score (nSPS) is 11.6. The van der Waals surface area contributed by atoms with Gasteiger partial charge in [0.1, 0.15) is 5.75 Å². The third-order valence-electron chi connectivity index (χ3n) is 1.85. The smallest absolute Gasteiger partial charge is 0.340 e.